The Labute approximate surface area is 204 Å². The van der Waals surface area contributed by atoms with Crippen LogP contribution in [0, 0.1) is 5.92 Å². The number of ether oxygens (including phenoxy) is 2. The van der Waals surface area contributed by atoms with E-state index in [0.717, 1.165) is 36.3 Å². The highest BCUT2D eigenvalue weighted by atomic mass is 19.1. The molecule has 2 bridgehead atoms. The van der Waals surface area contributed by atoms with Crippen molar-refractivity contribution in [2.45, 2.75) is 43.2 Å². The summed E-state index contributed by atoms with van der Waals surface area (Å²) >= 11 is 0. The number of nitrogens with one attached hydrogen (secondary N) is 3. The third-order valence-corrected chi connectivity index (χ3v) is 7.29. The van der Waals surface area contributed by atoms with Gasteiger partial charge in [0.05, 0.1) is 36.6 Å². The largest absolute Gasteiger partial charge is 0.441 e. The first-order valence-electron chi connectivity index (χ1n) is 11.8. The van der Waals surface area contributed by atoms with E-state index in [1.807, 2.05) is 25.5 Å². The molecular formula is C23H24FN9O3. The highest BCUT2D eigenvalue weighted by Gasteiger charge is 2.58. The van der Waals surface area contributed by atoms with Gasteiger partial charge in [-0.1, -0.05) is 0 Å². The van der Waals surface area contributed by atoms with E-state index in [4.69, 9.17) is 14.5 Å². The van der Waals surface area contributed by atoms with Crippen LogP contribution in [0.4, 0.5) is 20.8 Å². The molecule has 3 N–H and O–H groups in total. The topological polar surface area (TPSA) is 136 Å². The Morgan fingerprint density at radius 1 is 1.31 bits per heavy atom. The SMILES string of the molecule is Cn1cc(-c2cn3nccc3c(Nc3cc([C@H]4OC[C@@H](OC(=O)NC56CC(C5)C6)[C@H]4F)[nH]n3)n2)cn1. The van der Waals surface area contributed by atoms with Crippen LogP contribution < -0.4 is 10.6 Å². The predicted molar refractivity (Wildman–Crippen MR) is 124 cm³/mol. The summed E-state index contributed by atoms with van der Waals surface area (Å²) in [6.07, 6.45) is 6.03. The van der Waals surface area contributed by atoms with Crippen molar-refractivity contribution in [1.82, 2.24) is 39.9 Å². The van der Waals surface area contributed by atoms with Crippen LogP contribution in [0.3, 0.4) is 0 Å². The molecule has 36 heavy (non-hydrogen) atoms. The zero-order valence-electron chi connectivity index (χ0n) is 19.4. The number of H-pyrrole nitrogens is 1. The molecule has 4 aromatic heterocycles. The summed E-state index contributed by atoms with van der Waals surface area (Å²) < 4.78 is 29.5. The normalized spacial score (nSPS) is 28.5. The van der Waals surface area contributed by atoms with Crippen molar-refractivity contribution in [2.24, 2.45) is 13.0 Å². The second kappa shape index (κ2) is 7.75. The van der Waals surface area contributed by atoms with Gasteiger partial charge in [-0.2, -0.15) is 15.3 Å². The van der Waals surface area contributed by atoms with Crippen molar-refractivity contribution >= 4 is 23.2 Å². The lowest BCUT2D eigenvalue weighted by atomic mass is 9.50. The minimum absolute atomic E-state index is 0.0260. The fourth-order valence-electron chi connectivity index (χ4n) is 5.33. The summed E-state index contributed by atoms with van der Waals surface area (Å²) in [5.41, 5.74) is 2.57. The number of anilines is 2. The number of carbonyl (C=O) groups is 1. The number of hydrogen-bond donors (Lipinski definition) is 3. The highest BCUT2D eigenvalue weighted by molar-refractivity contribution is 5.75. The van der Waals surface area contributed by atoms with E-state index in [-0.39, 0.29) is 12.1 Å². The number of fused-ring (bicyclic) bond motifs is 1. The summed E-state index contributed by atoms with van der Waals surface area (Å²) in [6, 6.07) is 3.49. The zero-order valence-corrected chi connectivity index (χ0v) is 19.4. The number of amides is 1. The lowest BCUT2D eigenvalue weighted by molar-refractivity contribution is -0.0528. The molecule has 0 radical (unpaired) electrons. The number of aromatic amines is 1. The van der Waals surface area contributed by atoms with Gasteiger partial charge in [-0.3, -0.25) is 9.78 Å². The van der Waals surface area contributed by atoms with Gasteiger partial charge in [-0.05, 0) is 31.2 Å². The van der Waals surface area contributed by atoms with Crippen LogP contribution in [0.5, 0.6) is 0 Å². The first-order chi connectivity index (χ1) is 17.4. The quantitative estimate of drug-likeness (QED) is 0.373. The van der Waals surface area contributed by atoms with Gasteiger partial charge in [-0.15, -0.1) is 0 Å². The maximum atomic E-state index is 15.2. The van der Waals surface area contributed by atoms with E-state index >= 15 is 4.39 Å². The van der Waals surface area contributed by atoms with Gasteiger partial charge in [-0.25, -0.2) is 18.7 Å². The molecule has 8 rings (SSSR count). The maximum absolute atomic E-state index is 15.2. The van der Waals surface area contributed by atoms with Crippen molar-refractivity contribution in [2.75, 3.05) is 11.9 Å². The average molecular weight is 494 g/mol. The van der Waals surface area contributed by atoms with Gasteiger partial charge < -0.3 is 20.1 Å². The third-order valence-electron chi connectivity index (χ3n) is 7.29. The molecule has 3 atom stereocenters. The number of carbonyl (C=O) groups excluding carboxylic acids is 1. The van der Waals surface area contributed by atoms with Gasteiger partial charge in [0.15, 0.2) is 23.9 Å². The van der Waals surface area contributed by atoms with E-state index < -0.39 is 24.5 Å². The lowest BCUT2D eigenvalue weighted by Crippen LogP contribution is -2.68. The molecule has 3 saturated carbocycles. The molecule has 4 fully saturated rings. The Hall–Kier alpha value is -4.00. The van der Waals surface area contributed by atoms with Crippen molar-refractivity contribution < 1.29 is 18.7 Å². The fraction of sp³-hybridized carbons (Fsp3) is 0.435. The van der Waals surface area contributed by atoms with Gasteiger partial charge >= 0.3 is 6.09 Å². The van der Waals surface area contributed by atoms with Crippen molar-refractivity contribution in [3.05, 3.63) is 42.6 Å². The summed E-state index contributed by atoms with van der Waals surface area (Å²) in [6.45, 7) is -0.0260. The number of halogens is 1. The number of nitrogens with zero attached hydrogens (tertiary/aromatic N) is 6. The van der Waals surface area contributed by atoms with E-state index in [1.165, 1.54) is 0 Å². The first kappa shape index (κ1) is 21.3. The Morgan fingerprint density at radius 3 is 2.92 bits per heavy atom. The minimum Gasteiger partial charge on any atom is -0.441 e. The molecule has 4 aromatic rings. The molecule has 0 aromatic carbocycles. The molecule has 0 spiro atoms. The second-order valence-corrected chi connectivity index (χ2v) is 9.90. The standard InChI is InChI=1S/C23H24FN9O3/c1-32-9-13(8-26-32)15-10-33-16(2-3-25-33)21(27-15)28-18-4-14(30-31-18)20-19(24)17(11-35-20)36-22(34)29-23-5-12(6-23)7-23/h2-4,8-10,12,17,19-20H,5-7,11H2,1H3,(H,29,34)(H2,27,28,30,31)/t12?,17-,19-,20-,23?/m1/s1. The molecule has 1 saturated heterocycles. The maximum Gasteiger partial charge on any atom is 0.408 e. The Morgan fingerprint density at radius 2 is 2.17 bits per heavy atom. The van der Waals surface area contributed by atoms with Gasteiger partial charge in [0.2, 0.25) is 0 Å². The van der Waals surface area contributed by atoms with Crippen molar-refractivity contribution in [3.63, 3.8) is 0 Å². The van der Waals surface area contributed by atoms with Gasteiger partial charge in [0, 0.05) is 30.4 Å². The van der Waals surface area contributed by atoms with Gasteiger partial charge in [0.25, 0.3) is 0 Å². The van der Waals surface area contributed by atoms with E-state index in [1.54, 1.807) is 27.7 Å². The summed E-state index contributed by atoms with van der Waals surface area (Å²) in [4.78, 5) is 17.0. The number of alkyl carbamates (subject to hydrolysis) is 1. The zero-order chi connectivity index (χ0) is 24.4. The third kappa shape index (κ3) is 3.49. The summed E-state index contributed by atoms with van der Waals surface area (Å²) in [7, 11) is 1.84. The van der Waals surface area contributed by atoms with Gasteiger partial charge in [0.1, 0.15) is 11.6 Å². The molecule has 186 valence electrons. The first-order valence-corrected chi connectivity index (χ1v) is 11.8. The molecule has 12 nitrogen and oxygen atoms in total. The average Bonchev–Trinajstić information content (AvgIpc) is 3.59. The lowest BCUT2D eigenvalue weighted by Gasteiger charge is -2.61. The van der Waals surface area contributed by atoms with Crippen LogP contribution in [0.2, 0.25) is 0 Å². The Kier molecular flexibility index (Phi) is 4.58. The van der Waals surface area contributed by atoms with E-state index in [9.17, 15) is 4.79 Å². The number of alkyl halides is 1. The monoisotopic (exact) mass is 493 g/mol. The Balaban J connectivity index is 1.06. The molecule has 0 unspecified atom stereocenters. The van der Waals surface area contributed by atoms with Crippen LogP contribution >= 0.6 is 0 Å². The number of aromatic nitrogens is 7. The highest BCUT2D eigenvalue weighted by Crippen LogP contribution is 2.57. The second-order valence-electron chi connectivity index (χ2n) is 9.90. The predicted octanol–water partition coefficient (Wildman–Crippen LogP) is 2.65. The van der Waals surface area contributed by atoms with E-state index in [0.29, 0.717) is 23.0 Å². The minimum atomic E-state index is -1.52. The van der Waals surface area contributed by atoms with Crippen LogP contribution in [-0.4, -0.2) is 65.1 Å². The van der Waals surface area contributed by atoms with Crippen LogP contribution in [0.15, 0.2) is 36.9 Å². The van der Waals surface area contributed by atoms with Crippen molar-refractivity contribution in [3.8, 4) is 11.3 Å². The van der Waals surface area contributed by atoms with Crippen LogP contribution in [0.25, 0.3) is 16.8 Å². The summed E-state index contributed by atoms with van der Waals surface area (Å²) in [5.74, 6) is 1.69. The molecular weight excluding hydrogens is 469 g/mol. The van der Waals surface area contributed by atoms with Crippen LogP contribution in [0.1, 0.15) is 31.1 Å². The number of hydrogen-bond acceptors (Lipinski definition) is 8. The smallest absolute Gasteiger partial charge is 0.408 e. The molecule has 1 amide bonds. The van der Waals surface area contributed by atoms with E-state index in [2.05, 4.69) is 31.0 Å². The molecule has 13 heteroatoms. The number of aryl methyl sites for hydroxylation is 1. The summed E-state index contributed by atoms with van der Waals surface area (Å²) in [5, 5.41) is 21.7. The molecule has 4 aliphatic rings. The molecule has 3 aliphatic carbocycles. The van der Waals surface area contributed by atoms with Crippen molar-refractivity contribution in [1.29, 1.82) is 0 Å². The Bertz CT molecular complexity index is 1440. The molecule has 5 heterocycles. The number of rotatable bonds is 6. The molecule has 1 aliphatic heterocycles. The fourth-order valence-corrected chi connectivity index (χ4v) is 5.33. The van der Waals surface area contributed by atoms with Crippen LogP contribution in [-0.2, 0) is 16.5 Å².